The van der Waals surface area contributed by atoms with Crippen LogP contribution in [-0.4, -0.2) is 41.3 Å². The highest BCUT2D eigenvalue weighted by molar-refractivity contribution is 6.00. The summed E-state index contributed by atoms with van der Waals surface area (Å²) in [5.41, 5.74) is 3.31. The van der Waals surface area contributed by atoms with Crippen LogP contribution in [-0.2, 0) is 6.54 Å². The van der Waals surface area contributed by atoms with E-state index in [9.17, 15) is 0 Å². The molecule has 5 nitrogen and oxygen atoms in total. The van der Waals surface area contributed by atoms with Crippen molar-refractivity contribution in [3.05, 3.63) is 96.6 Å². The molecule has 0 bridgehead atoms. The maximum Gasteiger partial charge on any atom is 0.156 e. The fourth-order valence-corrected chi connectivity index (χ4v) is 5.20. The Morgan fingerprint density at radius 2 is 1.53 bits per heavy atom. The Morgan fingerprint density at radius 3 is 2.29 bits per heavy atom. The van der Waals surface area contributed by atoms with E-state index in [1.807, 2.05) is 24.3 Å². The van der Waals surface area contributed by atoms with Crippen LogP contribution < -0.4 is 10.1 Å². The van der Waals surface area contributed by atoms with Crippen molar-refractivity contribution in [2.75, 3.05) is 25.5 Å². The topological polar surface area (TPSA) is 50.3 Å². The Morgan fingerprint density at radius 1 is 0.789 bits per heavy atom. The molecule has 1 aliphatic heterocycles. The summed E-state index contributed by atoms with van der Waals surface area (Å²) >= 11 is 0. The molecule has 1 aromatic heterocycles. The van der Waals surface area contributed by atoms with Gasteiger partial charge in [-0.2, -0.15) is 0 Å². The lowest BCUT2D eigenvalue weighted by Gasteiger charge is -2.32. The molecule has 4 aromatic carbocycles. The van der Waals surface area contributed by atoms with Crippen LogP contribution >= 0.6 is 24.8 Å². The summed E-state index contributed by atoms with van der Waals surface area (Å²) in [6.07, 6.45) is 2.15. The van der Waals surface area contributed by atoms with Crippen molar-refractivity contribution in [3.8, 4) is 17.0 Å². The molecule has 0 saturated carbocycles. The van der Waals surface area contributed by atoms with Crippen LogP contribution in [0.15, 0.2) is 91.0 Å². The highest BCUT2D eigenvalue weighted by Gasteiger charge is 2.21. The molecule has 7 heteroatoms. The number of aromatic nitrogens is 2. The van der Waals surface area contributed by atoms with E-state index in [1.54, 1.807) is 7.11 Å². The van der Waals surface area contributed by atoms with Crippen molar-refractivity contribution in [3.63, 3.8) is 0 Å². The van der Waals surface area contributed by atoms with Gasteiger partial charge in [0.2, 0.25) is 0 Å². The molecule has 38 heavy (non-hydrogen) atoms. The van der Waals surface area contributed by atoms with E-state index in [4.69, 9.17) is 4.74 Å². The lowest BCUT2D eigenvalue weighted by molar-refractivity contribution is 0.211. The minimum atomic E-state index is 0. The van der Waals surface area contributed by atoms with Crippen molar-refractivity contribution < 1.29 is 4.74 Å². The Kier molecular flexibility index (Phi) is 9.05. The van der Waals surface area contributed by atoms with Crippen molar-refractivity contribution >= 4 is 52.2 Å². The molecule has 0 amide bonds. The lowest BCUT2D eigenvalue weighted by atomic mass is 10.0. The third-order valence-corrected chi connectivity index (χ3v) is 7.18. The van der Waals surface area contributed by atoms with E-state index in [1.165, 1.54) is 16.3 Å². The number of ether oxygens (including phenoxy) is 1. The normalized spacial score (nSPS) is 14.0. The van der Waals surface area contributed by atoms with Crippen molar-refractivity contribution in [2.24, 2.45) is 0 Å². The number of nitrogens with zero attached hydrogens (tertiary/aromatic N) is 3. The first-order valence-electron chi connectivity index (χ1n) is 12.6. The molecule has 1 N–H and O–H groups in total. The number of methoxy groups -OCH3 is 1. The monoisotopic (exact) mass is 546 g/mol. The largest absolute Gasteiger partial charge is 0.497 e. The highest BCUT2D eigenvalue weighted by atomic mass is 35.5. The van der Waals surface area contributed by atoms with Gasteiger partial charge in [-0.1, -0.05) is 66.7 Å². The molecule has 5 aromatic rings. The summed E-state index contributed by atoms with van der Waals surface area (Å²) in [5, 5.41) is 17.7. The fraction of sp³-hybridized carbons (Fsp3) is 0.226. The summed E-state index contributed by atoms with van der Waals surface area (Å²) in [7, 11) is 1.70. The Balaban J connectivity index is 0.00000168. The second-order valence-corrected chi connectivity index (χ2v) is 9.55. The maximum atomic E-state index is 5.51. The van der Waals surface area contributed by atoms with Gasteiger partial charge < -0.3 is 10.1 Å². The van der Waals surface area contributed by atoms with Gasteiger partial charge in [0.1, 0.15) is 11.4 Å². The summed E-state index contributed by atoms with van der Waals surface area (Å²) in [6, 6.07) is 32.1. The summed E-state index contributed by atoms with van der Waals surface area (Å²) < 4.78 is 5.51. The van der Waals surface area contributed by atoms with Crippen LogP contribution in [0.3, 0.4) is 0 Å². The lowest BCUT2D eigenvalue weighted by Crippen LogP contribution is -2.38. The molecule has 196 valence electrons. The molecule has 0 radical (unpaired) electrons. The number of hydrogen-bond donors (Lipinski definition) is 1. The van der Waals surface area contributed by atoms with Crippen LogP contribution in [0.2, 0.25) is 0 Å². The predicted octanol–water partition coefficient (Wildman–Crippen LogP) is 7.38. The average molecular weight is 548 g/mol. The molecule has 2 heterocycles. The Bertz CT molecular complexity index is 1500. The SMILES string of the molecule is COc1ccc2c(NC3CCN(Cc4ccc5ccccc5c4)CC3)nnc(-c3ccccc3)c2c1.Cl.Cl. The van der Waals surface area contributed by atoms with E-state index in [-0.39, 0.29) is 24.8 Å². The smallest absolute Gasteiger partial charge is 0.156 e. The zero-order valence-corrected chi connectivity index (χ0v) is 23.0. The number of hydrogen-bond acceptors (Lipinski definition) is 5. The van der Waals surface area contributed by atoms with E-state index in [0.717, 1.165) is 66.1 Å². The third-order valence-electron chi connectivity index (χ3n) is 7.18. The number of piperidine rings is 1. The first-order chi connectivity index (χ1) is 17.8. The van der Waals surface area contributed by atoms with Crippen molar-refractivity contribution in [2.45, 2.75) is 25.4 Å². The summed E-state index contributed by atoms with van der Waals surface area (Å²) in [4.78, 5) is 2.55. The number of halogens is 2. The van der Waals surface area contributed by atoms with Gasteiger partial charge in [0, 0.05) is 42.0 Å². The zero-order valence-electron chi connectivity index (χ0n) is 21.3. The van der Waals surface area contributed by atoms with Gasteiger partial charge in [0.15, 0.2) is 5.82 Å². The quantitative estimate of drug-likeness (QED) is 0.240. The minimum absolute atomic E-state index is 0. The van der Waals surface area contributed by atoms with Crippen LogP contribution in [0, 0.1) is 0 Å². The van der Waals surface area contributed by atoms with Crippen molar-refractivity contribution in [1.29, 1.82) is 0 Å². The molecular weight excluding hydrogens is 515 g/mol. The second-order valence-electron chi connectivity index (χ2n) is 9.55. The second kappa shape index (κ2) is 12.4. The fourth-order valence-electron chi connectivity index (χ4n) is 5.20. The van der Waals surface area contributed by atoms with Crippen molar-refractivity contribution in [1.82, 2.24) is 15.1 Å². The maximum absolute atomic E-state index is 5.51. The van der Waals surface area contributed by atoms with Gasteiger partial charge >= 0.3 is 0 Å². The molecule has 0 aliphatic carbocycles. The predicted molar refractivity (Wildman–Crippen MR) is 162 cm³/mol. The number of rotatable bonds is 6. The first kappa shape index (κ1) is 27.6. The molecule has 0 unspecified atom stereocenters. The van der Waals surface area contributed by atoms with Gasteiger partial charge in [-0.15, -0.1) is 35.0 Å². The van der Waals surface area contributed by atoms with Gasteiger partial charge in [-0.25, -0.2) is 0 Å². The number of fused-ring (bicyclic) bond motifs is 2. The third kappa shape index (κ3) is 5.86. The number of anilines is 1. The van der Waals surface area contributed by atoms with Gasteiger partial charge in [-0.3, -0.25) is 4.90 Å². The first-order valence-corrected chi connectivity index (χ1v) is 12.6. The molecule has 1 aliphatic rings. The molecule has 6 rings (SSSR count). The zero-order chi connectivity index (χ0) is 24.3. The summed E-state index contributed by atoms with van der Waals surface area (Å²) in [6.45, 7) is 3.11. The van der Waals surface area contributed by atoms with E-state index < -0.39 is 0 Å². The van der Waals surface area contributed by atoms with Gasteiger partial charge in [0.05, 0.1) is 7.11 Å². The standard InChI is InChI=1S/C31H30N4O.2ClH/c1-36-27-13-14-28-29(20-27)30(24-8-3-2-4-9-24)33-34-31(28)32-26-15-17-35(18-16-26)21-22-11-12-23-7-5-6-10-25(23)19-22;;/h2-14,19-20,26H,15-18,21H2,1H3,(H,32,34);2*1H. The van der Waals surface area contributed by atoms with Crippen LogP contribution in [0.25, 0.3) is 32.8 Å². The van der Waals surface area contributed by atoms with E-state index in [0.29, 0.717) is 6.04 Å². The number of nitrogens with one attached hydrogen (secondary N) is 1. The van der Waals surface area contributed by atoms with Gasteiger partial charge in [0.25, 0.3) is 0 Å². The Hall–Kier alpha value is -3.38. The molecule has 1 fully saturated rings. The van der Waals surface area contributed by atoms with Gasteiger partial charge in [-0.05, 0) is 53.4 Å². The van der Waals surface area contributed by atoms with Crippen LogP contribution in [0.4, 0.5) is 5.82 Å². The molecule has 1 saturated heterocycles. The minimum Gasteiger partial charge on any atom is -0.497 e. The van der Waals surface area contributed by atoms with Crippen LogP contribution in [0.1, 0.15) is 18.4 Å². The summed E-state index contributed by atoms with van der Waals surface area (Å²) in [5.74, 6) is 1.67. The molecule has 0 spiro atoms. The van der Waals surface area contributed by atoms with E-state index in [2.05, 4.69) is 87.1 Å². The molecular formula is C31H32Cl2N4O. The Labute approximate surface area is 236 Å². The number of benzene rings is 4. The average Bonchev–Trinajstić information content (AvgIpc) is 2.94. The number of likely N-dealkylation sites (tertiary alicyclic amines) is 1. The molecule has 0 atom stereocenters. The van der Waals surface area contributed by atoms with E-state index >= 15 is 0 Å². The highest BCUT2D eigenvalue weighted by Crippen LogP contribution is 2.33. The van der Waals surface area contributed by atoms with Crippen LogP contribution in [0.5, 0.6) is 5.75 Å².